The number of aromatic nitrogens is 1. The lowest BCUT2D eigenvalue weighted by Crippen LogP contribution is -2.42. The van der Waals surface area contributed by atoms with Crippen molar-refractivity contribution in [2.45, 2.75) is 65.3 Å². The molecule has 1 aromatic heterocycles. The summed E-state index contributed by atoms with van der Waals surface area (Å²) in [5.74, 6) is 0. The van der Waals surface area contributed by atoms with E-state index in [1.807, 2.05) is 54.5 Å². The highest BCUT2D eigenvalue weighted by molar-refractivity contribution is 6.61. The van der Waals surface area contributed by atoms with Gasteiger partial charge in [-0.2, -0.15) is 0 Å². The SMILES string of the molecule is CC(C)(C)OC(=O)n1cccc1B1OC(C)(C)C(C)(C)O1. The van der Waals surface area contributed by atoms with Crippen molar-refractivity contribution < 1.29 is 18.8 Å². The number of hydrogen-bond acceptors (Lipinski definition) is 4. The lowest BCUT2D eigenvalue weighted by atomic mass is 9.85. The van der Waals surface area contributed by atoms with Gasteiger partial charge in [0.1, 0.15) is 5.60 Å². The first kappa shape index (κ1) is 16.1. The van der Waals surface area contributed by atoms with Gasteiger partial charge in [-0.3, -0.25) is 4.57 Å². The highest BCUT2D eigenvalue weighted by atomic mass is 16.7. The molecule has 1 aromatic rings. The van der Waals surface area contributed by atoms with E-state index in [9.17, 15) is 4.79 Å². The van der Waals surface area contributed by atoms with E-state index in [0.717, 1.165) is 0 Å². The van der Waals surface area contributed by atoms with E-state index in [1.165, 1.54) is 4.57 Å². The van der Waals surface area contributed by atoms with Gasteiger partial charge >= 0.3 is 13.2 Å². The molecule has 0 aliphatic carbocycles. The minimum absolute atomic E-state index is 0.433. The maximum absolute atomic E-state index is 12.3. The van der Waals surface area contributed by atoms with Crippen molar-refractivity contribution in [2.24, 2.45) is 0 Å². The molecule has 0 atom stereocenters. The second kappa shape index (κ2) is 4.88. The Labute approximate surface area is 126 Å². The summed E-state index contributed by atoms with van der Waals surface area (Å²) in [7, 11) is -0.586. The van der Waals surface area contributed by atoms with E-state index >= 15 is 0 Å². The van der Waals surface area contributed by atoms with Crippen molar-refractivity contribution in [3.8, 4) is 0 Å². The molecule has 5 nitrogen and oxygen atoms in total. The summed E-state index contributed by atoms with van der Waals surface area (Å²) < 4.78 is 18.8. The second-order valence-electron chi connectivity index (χ2n) is 7.37. The fourth-order valence-corrected chi connectivity index (χ4v) is 2.03. The number of nitrogens with zero attached hydrogens (tertiary/aromatic N) is 1. The Kier molecular flexibility index (Phi) is 3.75. The van der Waals surface area contributed by atoms with Crippen molar-refractivity contribution >= 4 is 18.8 Å². The lowest BCUT2D eigenvalue weighted by molar-refractivity contribution is 0.00578. The summed E-state index contributed by atoms with van der Waals surface area (Å²) in [6.07, 6.45) is 1.23. The molecule has 0 amide bonds. The van der Waals surface area contributed by atoms with Crippen LogP contribution in [0.3, 0.4) is 0 Å². The van der Waals surface area contributed by atoms with E-state index in [-0.39, 0.29) is 0 Å². The van der Waals surface area contributed by atoms with Gasteiger partial charge in [-0.25, -0.2) is 4.79 Å². The van der Waals surface area contributed by atoms with Crippen LogP contribution in [0.15, 0.2) is 18.3 Å². The van der Waals surface area contributed by atoms with Crippen LogP contribution in [0.4, 0.5) is 4.79 Å². The second-order valence-corrected chi connectivity index (χ2v) is 7.37. The van der Waals surface area contributed by atoms with Gasteiger partial charge in [0, 0.05) is 6.20 Å². The molecule has 0 radical (unpaired) electrons. The Morgan fingerprint density at radius 3 is 2.19 bits per heavy atom. The van der Waals surface area contributed by atoms with Crippen molar-refractivity contribution in [3.05, 3.63) is 18.3 Å². The predicted octanol–water partition coefficient (Wildman–Crippen LogP) is 2.57. The van der Waals surface area contributed by atoms with E-state index in [1.54, 1.807) is 12.3 Å². The summed E-state index contributed by atoms with van der Waals surface area (Å²) >= 11 is 0. The van der Waals surface area contributed by atoms with Gasteiger partial charge in [0.05, 0.1) is 16.8 Å². The highest BCUT2D eigenvalue weighted by Crippen LogP contribution is 2.36. The molecule has 0 unspecified atom stereocenters. The Morgan fingerprint density at radius 2 is 1.71 bits per heavy atom. The molecule has 1 fully saturated rings. The fraction of sp³-hybridized carbons (Fsp3) is 0.667. The van der Waals surface area contributed by atoms with E-state index < -0.39 is 30.0 Å². The predicted molar refractivity (Wildman–Crippen MR) is 81.8 cm³/mol. The van der Waals surface area contributed by atoms with Gasteiger partial charge in [0.25, 0.3) is 0 Å². The van der Waals surface area contributed by atoms with Crippen LogP contribution >= 0.6 is 0 Å². The number of rotatable bonds is 1. The van der Waals surface area contributed by atoms with Gasteiger partial charge < -0.3 is 14.0 Å². The maximum atomic E-state index is 12.3. The monoisotopic (exact) mass is 293 g/mol. The Bertz CT molecular complexity index is 526. The van der Waals surface area contributed by atoms with E-state index in [0.29, 0.717) is 5.59 Å². The molecular formula is C15H24BNO4. The number of ether oxygens (including phenoxy) is 1. The summed E-state index contributed by atoms with van der Waals surface area (Å²) in [5.41, 5.74) is -0.793. The molecular weight excluding hydrogens is 269 g/mol. The summed E-state index contributed by atoms with van der Waals surface area (Å²) in [5, 5.41) is 0. The number of hydrogen-bond donors (Lipinski definition) is 0. The van der Waals surface area contributed by atoms with Crippen LogP contribution in [-0.4, -0.2) is 34.6 Å². The Hall–Kier alpha value is -1.27. The maximum Gasteiger partial charge on any atom is 0.513 e. The van der Waals surface area contributed by atoms with Crippen molar-refractivity contribution in [3.63, 3.8) is 0 Å². The van der Waals surface area contributed by atoms with Crippen LogP contribution in [0.2, 0.25) is 0 Å². The summed E-state index contributed by atoms with van der Waals surface area (Å²) in [6, 6.07) is 3.59. The number of carbonyl (C=O) groups excluding carboxylic acids is 1. The molecule has 0 aromatic carbocycles. The molecule has 0 bridgehead atoms. The first-order valence-electron chi connectivity index (χ1n) is 7.19. The summed E-state index contributed by atoms with van der Waals surface area (Å²) in [6.45, 7) is 13.4. The quantitative estimate of drug-likeness (QED) is 0.747. The number of carbonyl (C=O) groups is 1. The van der Waals surface area contributed by atoms with Crippen LogP contribution in [0, 0.1) is 0 Å². The average molecular weight is 293 g/mol. The fourth-order valence-electron chi connectivity index (χ4n) is 2.03. The van der Waals surface area contributed by atoms with E-state index in [4.69, 9.17) is 14.0 Å². The Balaban J connectivity index is 2.25. The topological polar surface area (TPSA) is 49.7 Å². The molecule has 2 heterocycles. The van der Waals surface area contributed by atoms with Crippen LogP contribution in [0.1, 0.15) is 48.5 Å². The highest BCUT2D eigenvalue weighted by Gasteiger charge is 2.52. The molecule has 6 heteroatoms. The molecule has 2 rings (SSSR count). The zero-order chi connectivity index (χ0) is 16.1. The van der Waals surface area contributed by atoms with E-state index in [2.05, 4.69) is 0 Å². The van der Waals surface area contributed by atoms with Gasteiger partial charge in [-0.05, 0) is 60.6 Å². The zero-order valence-corrected chi connectivity index (χ0v) is 13.9. The molecule has 116 valence electrons. The third-order valence-corrected chi connectivity index (χ3v) is 3.87. The van der Waals surface area contributed by atoms with Crippen molar-refractivity contribution in [1.29, 1.82) is 0 Å². The normalized spacial score (nSPS) is 20.6. The molecule has 0 N–H and O–H groups in total. The third kappa shape index (κ3) is 3.16. The molecule has 0 saturated carbocycles. The van der Waals surface area contributed by atoms with Gasteiger partial charge in [0.2, 0.25) is 0 Å². The first-order chi connectivity index (χ1) is 9.43. The summed E-state index contributed by atoms with van der Waals surface area (Å²) in [4.78, 5) is 12.3. The lowest BCUT2D eigenvalue weighted by Gasteiger charge is -2.32. The molecule has 0 spiro atoms. The van der Waals surface area contributed by atoms with Crippen molar-refractivity contribution in [1.82, 2.24) is 4.57 Å². The first-order valence-corrected chi connectivity index (χ1v) is 7.19. The van der Waals surface area contributed by atoms with Gasteiger partial charge in [-0.1, -0.05) is 0 Å². The van der Waals surface area contributed by atoms with Crippen LogP contribution < -0.4 is 5.59 Å². The minimum Gasteiger partial charge on any atom is -0.443 e. The average Bonchev–Trinajstić information content (AvgIpc) is 2.79. The van der Waals surface area contributed by atoms with Gasteiger partial charge in [0.15, 0.2) is 0 Å². The van der Waals surface area contributed by atoms with Crippen molar-refractivity contribution in [2.75, 3.05) is 0 Å². The third-order valence-electron chi connectivity index (χ3n) is 3.87. The van der Waals surface area contributed by atoms with Crippen LogP contribution in [-0.2, 0) is 14.0 Å². The molecule has 21 heavy (non-hydrogen) atoms. The molecule has 1 saturated heterocycles. The molecule has 1 aliphatic rings. The van der Waals surface area contributed by atoms with Crippen LogP contribution in [0.5, 0.6) is 0 Å². The van der Waals surface area contributed by atoms with Crippen LogP contribution in [0.25, 0.3) is 0 Å². The largest absolute Gasteiger partial charge is 0.513 e. The van der Waals surface area contributed by atoms with Gasteiger partial charge in [-0.15, -0.1) is 0 Å². The zero-order valence-electron chi connectivity index (χ0n) is 13.9. The Morgan fingerprint density at radius 1 is 1.19 bits per heavy atom. The smallest absolute Gasteiger partial charge is 0.443 e. The molecule has 1 aliphatic heterocycles. The standard InChI is InChI=1S/C15H24BNO4/c1-13(2,3)19-12(18)17-10-8-9-11(17)16-20-14(4,5)15(6,7)21-16/h8-10H,1-7H3. The minimum atomic E-state index is -0.586.